The molecule has 1 heterocycles. The van der Waals surface area contributed by atoms with Crippen LogP contribution >= 0.6 is 0 Å². The number of aryl methyl sites for hydroxylation is 1. The highest BCUT2D eigenvalue weighted by molar-refractivity contribution is 5.88. The smallest absolute Gasteiger partial charge is 0.337 e. The van der Waals surface area contributed by atoms with Crippen molar-refractivity contribution < 1.29 is 19.7 Å². The second-order valence-electron chi connectivity index (χ2n) is 5.52. The van der Waals surface area contributed by atoms with Gasteiger partial charge in [-0.2, -0.15) is 0 Å². The van der Waals surface area contributed by atoms with Gasteiger partial charge in [-0.25, -0.2) is 9.78 Å². The van der Waals surface area contributed by atoms with Gasteiger partial charge in [0, 0.05) is 18.9 Å². The van der Waals surface area contributed by atoms with Crippen LogP contribution in [0.15, 0.2) is 12.3 Å². The highest BCUT2D eigenvalue weighted by Crippen LogP contribution is 2.29. The van der Waals surface area contributed by atoms with E-state index in [0.29, 0.717) is 36.5 Å². The van der Waals surface area contributed by atoms with E-state index in [9.17, 15) is 4.79 Å². The third kappa shape index (κ3) is 4.81. The van der Waals surface area contributed by atoms with E-state index in [-0.39, 0.29) is 5.56 Å². The quantitative estimate of drug-likeness (QED) is 0.864. The van der Waals surface area contributed by atoms with E-state index in [0.717, 1.165) is 0 Å². The van der Waals surface area contributed by atoms with Crippen molar-refractivity contribution in [2.75, 3.05) is 13.2 Å². The summed E-state index contributed by atoms with van der Waals surface area (Å²) in [4.78, 5) is 14.7. The SMILES string of the molecule is Cc1cc(OCC2CC2)ncc1C(=O)O.OCC1CC1. The number of ether oxygens (including phenoxy) is 1. The van der Waals surface area contributed by atoms with Crippen molar-refractivity contribution in [2.24, 2.45) is 11.8 Å². The van der Waals surface area contributed by atoms with Gasteiger partial charge in [0.15, 0.2) is 0 Å². The fourth-order valence-electron chi connectivity index (χ4n) is 1.62. The molecule has 110 valence electrons. The van der Waals surface area contributed by atoms with E-state index in [1.807, 2.05) is 0 Å². The molecule has 0 unspecified atom stereocenters. The molecule has 0 aromatic carbocycles. The monoisotopic (exact) mass is 279 g/mol. The summed E-state index contributed by atoms with van der Waals surface area (Å²) in [5.41, 5.74) is 0.914. The molecule has 0 saturated heterocycles. The first-order valence-electron chi connectivity index (χ1n) is 7.03. The number of hydrogen-bond donors (Lipinski definition) is 2. The van der Waals surface area contributed by atoms with Crippen molar-refractivity contribution in [3.05, 3.63) is 23.4 Å². The lowest BCUT2D eigenvalue weighted by Crippen LogP contribution is -2.04. The van der Waals surface area contributed by atoms with Crippen LogP contribution < -0.4 is 4.74 Å². The third-order valence-electron chi connectivity index (χ3n) is 3.44. The van der Waals surface area contributed by atoms with Crippen LogP contribution in [0.5, 0.6) is 5.88 Å². The maximum atomic E-state index is 10.7. The van der Waals surface area contributed by atoms with Crippen LogP contribution in [-0.2, 0) is 0 Å². The Bertz CT molecular complexity index is 467. The van der Waals surface area contributed by atoms with Crippen LogP contribution in [0.4, 0.5) is 0 Å². The maximum Gasteiger partial charge on any atom is 0.337 e. The molecule has 1 aromatic rings. The number of rotatable bonds is 5. The molecule has 5 nitrogen and oxygen atoms in total. The van der Waals surface area contributed by atoms with Gasteiger partial charge < -0.3 is 14.9 Å². The zero-order valence-electron chi connectivity index (χ0n) is 11.7. The Morgan fingerprint density at radius 2 is 2.00 bits per heavy atom. The van der Waals surface area contributed by atoms with Crippen LogP contribution in [0.1, 0.15) is 41.6 Å². The zero-order chi connectivity index (χ0) is 14.5. The molecule has 0 bridgehead atoms. The number of aromatic carboxylic acids is 1. The Labute approximate surface area is 118 Å². The summed E-state index contributed by atoms with van der Waals surface area (Å²) in [6, 6.07) is 1.67. The predicted octanol–water partition coefficient (Wildman–Crippen LogP) is 2.27. The molecule has 2 saturated carbocycles. The minimum Gasteiger partial charge on any atom is -0.478 e. The van der Waals surface area contributed by atoms with E-state index < -0.39 is 5.97 Å². The van der Waals surface area contributed by atoms with Crippen molar-refractivity contribution >= 4 is 5.97 Å². The number of carbonyl (C=O) groups is 1. The number of carboxylic acids is 1. The van der Waals surface area contributed by atoms with Crippen LogP contribution in [-0.4, -0.2) is 34.4 Å². The lowest BCUT2D eigenvalue weighted by molar-refractivity contribution is 0.0695. The summed E-state index contributed by atoms with van der Waals surface area (Å²) in [7, 11) is 0. The first kappa shape index (κ1) is 14.8. The number of hydrogen-bond acceptors (Lipinski definition) is 4. The molecule has 20 heavy (non-hydrogen) atoms. The number of carboxylic acid groups (broad SMARTS) is 1. The molecule has 2 aliphatic carbocycles. The molecule has 2 fully saturated rings. The number of aliphatic hydroxyl groups excluding tert-OH is 1. The minimum atomic E-state index is -0.950. The first-order valence-corrected chi connectivity index (χ1v) is 7.03. The summed E-state index contributed by atoms with van der Waals surface area (Å²) in [5.74, 6) is 0.930. The Hall–Kier alpha value is -1.62. The van der Waals surface area contributed by atoms with Crippen molar-refractivity contribution in [3.63, 3.8) is 0 Å². The Balaban J connectivity index is 0.000000247. The van der Waals surface area contributed by atoms with Crippen molar-refractivity contribution in [1.29, 1.82) is 0 Å². The molecule has 0 aliphatic heterocycles. The average Bonchev–Trinajstić information content (AvgIpc) is 3.30. The Morgan fingerprint density at radius 1 is 1.35 bits per heavy atom. The largest absolute Gasteiger partial charge is 0.478 e. The molecule has 0 amide bonds. The first-order chi connectivity index (χ1) is 9.60. The molecule has 3 rings (SSSR count). The fourth-order valence-corrected chi connectivity index (χ4v) is 1.62. The summed E-state index contributed by atoms with van der Waals surface area (Å²) >= 11 is 0. The predicted molar refractivity (Wildman–Crippen MR) is 74.0 cm³/mol. The van der Waals surface area contributed by atoms with Gasteiger partial charge in [-0.1, -0.05) is 0 Å². The Kier molecular flexibility index (Phi) is 4.95. The molecule has 0 spiro atoms. The normalized spacial score (nSPS) is 17.1. The number of nitrogens with zero attached hydrogens (tertiary/aromatic N) is 1. The highest BCUT2D eigenvalue weighted by atomic mass is 16.5. The lowest BCUT2D eigenvalue weighted by atomic mass is 10.2. The van der Waals surface area contributed by atoms with E-state index in [2.05, 4.69) is 4.98 Å². The number of aliphatic hydroxyl groups is 1. The Morgan fingerprint density at radius 3 is 2.40 bits per heavy atom. The number of pyridine rings is 1. The molecule has 1 aromatic heterocycles. The van der Waals surface area contributed by atoms with E-state index in [1.165, 1.54) is 31.9 Å². The molecule has 2 aliphatic rings. The van der Waals surface area contributed by atoms with Crippen LogP contribution in [0.3, 0.4) is 0 Å². The molecular weight excluding hydrogens is 258 g/mol. The van der Waals surface area contributed by atoms with Gasteiger partial charge in [0.2, 0.25) is 5.88 Å². The van der Waals surface area contributed by atoms with E-state index >= 15 is 0 Å². The minimum absolute atomic E-state index is 0.230. The highest BCUT2D eigenvalue weighted by Gasteiger charge is 2.22. The zero-order valence-corrected chi connectivity index (χ0v) is 11.7. The van der Waals surface area contributed by atoms with Crippen molar-refractivity contribution in [3.8, 4) is 5.88 Å². The topological polar surface area (TPSA) is 79.7 Å². The van der Waals surface area contributed by atoms with Gasteiger partial charge >= 0.3 is 5.97 Å². The van der Waals surface area contributed by atoms with Gasteiger partial charge in [-0.3, -0.25) is 0 Å². The number of aromatic nitrogens is 1. The standard InChI is InChI=1S/C11H13NO3.C4H8O/c1-7-4-10(15-6-8-2-3-8)12-5-9(7)11(13)14;5-3-4-1-2-4/h4-5,8H,2-3,6H2,1H3,(H,13,14);4-5H,1-3H2. The lowest BCUT2D eigenvalue weighted by Gasteiger charge is -2.06. The van der Waals surface area contributed by atoms with Gasteiger partial charge in [-0.05, 0) is 50.0 Å². The summed E-state index contributed by atoms with van der Waals surface area (Å²) in [5, 5.41) is 17.0. The van der Waals surface area contributed by atoms with Crippen molar-refractivity contribution in [2.45, 2.75) is 32.6 Å². The third-order valence-corrected chi connectivity index (χ3v) is 3.44. The van der Waals surface area contributed by atoms with E-state index in [1.54, 1.807) is 13.0 Å². The van der Waals surface area contributed by atoms with Gasteiger partial charge in [0.05, 0.1) is 12.2 Å². The van der Waals surface area contributed by atoms with E-state index in [4.69, 9.17) is 14.9 Å². The second-order valence-corrected chi connectivity index (χ2v) is 5.52. The fraction of sp³-hybridized carbons (Fsp3) is 0.600. The van der Waals surface area contributed by atoms with Crippen LogP contribution in [0.25, 0.3) is 0 Å². The molecule has 5 heteroatoms. The van der Waals surface area contributed by atoms with Gasteiger partial charge in [-0.15, -0.1) is 0 Å². The summed E-state index contributed by atoms with van der Waals surface area (Å²) in [6.45, 7) is 2.86. The molecular formula is C15H21NO4. The average molecular weight is 279 g/mol. The molecule has 2 N–H and O–H groups in total. The second kappa shape index (κ2) is 6.70. The summed E-state index contributed by atoms with van der Waals surface area (Å²) in [6.07, 6.45) is 6.32. The molecule has 0 atom stereocenters. The van der Waals surface area contributed by atoms with Crippen molar-refractivity contribution in [1.82, 2.24) is 4.98 Å². The van der Waals surface area contributed by atoms with Gasteiger partial charge in [0.25, 0.3) is 0 Å². The summed E-state index contributed by atoms with van der Waals surface area (Å²) < 4.78 is 5.44. The van der Waals surface area contributed by atoms with Crippen LogP contribution in [0.2, 0.25) is 0 Å². The maximum absolute atomic E-state index is 10.7. The van der Waals surface area contributed by atoms with Gasteiger partial charge in [0.1, 0.15) is 0 Å². The molecule has 0 radical (unpaired) electrons. The van der Waals surface area contributed by atoms with Crippen LogP contribution in [0, 0.1) is 18.8 Å².